The maximum Gasteiger partial charge on any atom is 0.255 e. The molecule has 0 aliphatic carbocycles. The summed E-state index contributed by atoms with van der Waals surface area (Å²) in [6.07, 6.45) is 0.753. The largest absolute Gasteiger partial charge is 0.496 e. The molecule has 4 heteroatoms. The molecule has 1 rings (SSSR count). The van der Waals surface area contributed by atoms with Gasteiger partial charge in [0.2, 0.25) is 0 Å². The number of carbonyl (C=O) groups is 1. The molecular formula is C16H26N2O2. The Morgan fingerprint density at radius 3 is 2.55 bits per heavy atom. The lowest BCUT2D eigenvalue weighted by Crippen LogP contribution is -2.45. The summed E-state index contributed by atoms with van der Waals surface area (Å²) in [5, 5.41) is 3.08. The molecule has 1 unspecified atom stereocenters. The number of aryl methyl sites for hydroxylation is 1. The van der Waals surface area contributed by atoms with Gasteiger partial charge in [-0.2, -0.15) is 0 Å². The molecule has 0 heterocycles. The van der Waals surface area contributed by atoms with Crippen LogP contribution in [0, 0.1) is 12.3 Å². The number of benzene rings is 1. The minimum Gasteiger partial charge on any atom is -0.496 e. The monoisotopic (exact) mass is 278 g/mol. The number of nitrogens with two attached hydrogens (primary N) is 1. The summed E-state index contributed by atoms with van der Waals surface area (Å²) < 4.78 is 5.26. The fourth-order valence-electron chi connectivity index (χ4n) is 2.12. The maximum absolute atomic E-state index is 12.5. The van der Waals surface area contributed by atoms with E-state index in [0.717, 1.165) is 12.0 Å². The number of amides is 1. The molecule has 0 saturated carbocycles. The second-order valence-electron chi connectivity index (χ2n) is 6.17. The minimum atomic E-state index is -0.112. The van der Waals surface area contributed by atoms with Crippen LogP contribution in [-0.4, -0.2) is 25.6 Å². The molecule has 0 bridgehead atoms. The van der Waals surface area contributed by atoms with E-state index in [1.807, 2.05) is 25.1 Å². The molecule has 0 fully saturated rings. The molecule has 1 aromatic rings. The molecule has 3 N–H and O–H groups in total. The fraction of sp³-hybridized carbons (Fsp3) is 0.562. The third-order valence-electron chi connectivity index (χ3n) is 3.41. The smallest absolute Gasteiger partial charge is 0.255 e. The molecule has 112 valence electrons. The van der Waals surface area contributed by atoms with Crippen LogP contribution in [0.25, 0.3) is 0 Å². The van der Waals surface area contributed by atoms with Gasteiger partial charge in [0.1, 0.15) is 5.75 Å². The molecule has 0 aliphatic rings. The van der Waals surface area contributed by atoms with Crippen molar-refractivity contribution < 1.29 is 9.53 Å². The molecule has 0 radical (unpaired) electrons. The van der Waals surface area contributed by atoms with Gasteiger partial charge in [0.05, 0.1) is 12.7 Å². The third-order valence-corrected chi connectivity index (χ3v) is 3.41. The molecular weight excluding hydrogens is 252 g/mol. The van der Waals surface area contributed by atoms with Gasteiger partial charge in [-0.25, -0.2) is 0 Å². The number of hydrogen-bond acceptors (Lipinski definition) is 3. The first-order valence-electron chi connectivity index (χ1n) is 6.95. The maximum atomic E-state index is 12.5. The average Bonchev–Trinajstić information content (AvgIpc) is 2.37. The standard InChI is InChI=1S/C16H26N2O2/c1-11-6-7-13(20-5)12(10-11)15(19)18-14(8-9-17)16(2,3)4/h6-7,10,14H,8-9,17H2,1-5H3,(H,18,19). The molecule has 20 heavy (non-hydrogen) atoms. The predicted octanol–water partition coefficient (Wildman–Crippen LogP) is 2.50. The molecule has 0 saturated heterocycles. The van der Waals surface area contributed by atoms with Gasteiger partial charge in [0, 0.05) is 6.04 Å². The topological polar surface area (TPSA) is 64.3 Å². The summed E-state index contributed by atoms with van der Waals surface area (Å²) in [7, 11) is 1.57. The molecule has 4 nitrogen and oxygen atoms in total. The first-order chi connectivity index (χ1) is 9.29. The number of rotatable bonds is 5. The van der Waals surface area contributed by atoms with Crippen LogP contribution in [0.4, 0.5) is 0 Å². The van der Waals surface area contributed by atoms with Crippen molar-refractivity contribution >= 4 is 5.91 Å². The summed E-state index contributed by atoms with van der Waals surface area (Å²) in [5.74, 6) is 0.479. The van der Waals surface area contributed by atoms with E-state index in [-0.39, 0.29) is 17.4 Å². The van der Waals surface area contributed by atoms with Gasteiger partial charge in [0.15, 0.2) is 0 Å². The zero-order valence-electron chi connectivity index (χ0n) is 13.1. The number of carbonyl (C=O) groups excluding carboxylic acids is 1. The van der Waals surface area contributed by atoms with E-state index in [2.05, 4.69) is 26.1 Å². The summed E-state index contributed by atoms with van der Waals surface area (Å²) in [5.41, 5.74) is 7.21. The Kier molecular flexibility index (Phi) is 5.57. The lowest BCUT2D eigenvalue weighted by Gasteiger charge is -2.31. The van der Waals surface area contributed by atoms with Crippen molar-refractivity contribution in [1.82, 2.24) is 5.32 Å². The van der Waals surface area contributed by atoms with Gasteiger partial charge < -0.3 is 15.8 Å². The van der Waals surface area contributed by atoms with Crippen molar-refractivity contribution in [2.75, 3.05) is 13.7 Å². The zero-order chi connectivity index (χ0) is 15.3. The van der Waals surface area contributed by atoms with Gasteiger partial charge in [-0.1, -0.05) is 32.4 Å². The highest BCUT2D eigenvalue weighted by molar-refractivity contribution is 5.97. The Hall–Kier alpha value is -1.55. The number of nitrogens with one attached hydrogen (secondary N) is 1. The van der Waals surface area contributed by atoms with Crippen LogP contribution in [0.5, 0.6) is 5.75 Å². The summed E-state index contributed by atoms with van der Waals surface area (Å²) >= 11 is 0. The van der Waals surface area contributed by atoms with E-state index in [1.165, 1.54) is 0 Å². The SMILES string of the molecule is COc1ccc(C)cc1C(=O)NC(CCN)C(C)(C)C. The Morgan fingerprint density at radius 1 is 1.40 bits per heavy atom. The lowest BCUT2D eigenvalue weighted by molar-refractivity contribution is 0.0895. The summed E-state index contributed by atoms with van der Waals surface area (Å²) in [6, 6.07) is 5.62. The second-order valence-corrected chi connectivity index (χ2v) is 6.17. The van der Waals surface area contributed by atoms with Crippen LogP contribution in [0.3, 0.4) is 0 Å². The number of hydrogen-bond donors (Lipinski definition) is 2. The molecule has 1 aromatic carbocycles. The highest BCUT2D eigenvalue weighted by Gasteiger charge is 2.26. The van der Waals surface area contributed by atoms with Crippen LogP contribution in [0.1, 0.15) is 43.1 Å². The van der Waals surface area contributed by atoms with Crippen LogP contribution >= 0.6 is 0 Å². The zero-order valence-corrected chi connectivity index (χ0v) is 13.1. The van der Waals surface area contributed by atoms with E-state index < -0.39 is 0 Å². The van der Waals surface area contributed by atoms with Crippen molar-refractivity contribution in [3.63, 3.8) is 0 Å². The Labute approximate surface area is 121 Å². The van der Waals surface area contributed by atoms with Crippen molar-refractivity contribution in [3.8, 4) is 5.75 Å². The van der Waals surface area contributed by atoms with Crippen LogP contribution < -0.4 is 15.8 Å². The van der Waals surface area contributed by atoms with Crippen LogP contribution in [0.2, 0.25) is 0 Å². The molecule has 1 amide bonds. The van der Waals surface area contributed by atoms with Crippen LogP contribution in [0.15, 0.2) is 18.2 Å². The van der Waals surface area contributed by atoms with Crippen molar-refractivity contribution in [3.05, 3.63) is 29.3 Å². The Balaban J connectivity index is 2.97. The quantitative estimate of drug-likeness (QED) is 0.869. The number of methoxy groups -OCH3 is 1. The van der Waals surface area contributed by atoms with Crippen molar-refractivity contribution in [2.24, 2.45) is 11.1 Å². The van der Waals surface area contributed by atoms with Crippen molar-refractivity contribution in [1.29, 1.82) is 0 Å². The minimum absolute atomic E-state index is 0.0326. The summed E-state index contributed by atoms with van der Waals surface area (Å²) in [6.45, 7) is 8.80. The van der Waals surface area contributed by atoms with Crippen molar-refractivity contribution in [2.45, 2.75) is 40.2 Å². The van der Waals surface area contributed by atoms with Gasteiger partial charge in [-0.15, -0.1) is 0 Å². The van der Waals surface area contributed by atoms with Gasteiger partial charge in [-0.3, -0.25) is 4.79 Å². The lowest BCUT2D eigenvalue weighted by atomic mass is 9.84. The molecule has 1 atom stereocenters. The first kappa shape index (κ1) is 16.5. The molecule has 0 aliphatic heterocycles. The van der Waals surface area contributed by atoms with Gasteiger partial charge in [0.25, 0.3) is 5.91 Å². The first-order valence-corrected chi connectivity index (χ1v) is 6.95. The fourth-order valence-corrected chi connectivity index (χ4v) is 2.12. The summed E-state index contributed by atoms with van der Waals surface area (Å²) in [4.78, 5) is 12.5. The van der Waals surface area contributed by atoms with E-state index in [0.29, 0.717) is 17.9 Å². The normalized spacial score (nSPS) is 12.9. The highest BCUT2D eigenvalue weighted by atomic mass is 16.5. The van der Waals surface area contributed by atoms with Gasteiger partial charge in [-0.05, 0) is 37.4 Å². The molecule has 0 spiro atoms. The van der Waals surface area contributed by atoms with Crippen LogP contribution in [-0.2, 0) is 0 Å². The van der Waals surface area contributed by atoms with E-state index in [9.17, 15) is 4.79 Å². The number of ether oxygens (including phenoxy) is 1. The highest BCUT2D eigenvalue weighted by Crippen LogP contribution is 2.24. The average molecular weight is 278 g/mol. The van der Waals surface area contributed by atoms with E-state index in [1.54, 1.807) is 7.11 Å². The van der Waals surface area contributed by atoms with E-state index >= 15 is 0 Å². The Morgan fingerprint density at radius 2 is 2.05 bits per heavy atom. The predicted molar refractivity (Wildman–Crippen MR) is 82.1 cm³/mol. The van der Waals surface area contributed by atoms with E-state index in [4.69, 9.17) is 10.5 Å². The second kappa shape index (κ2) is 6.75. The molecule has 0 aromatic heterocycles. The van der Waals surface area contributed by atoms with Gasteiger partial charge >= 0.3 is 0 Å². The third kappa shape index (κ3) is 4.23. The Bertz CT molecular complexity index is 464.